The first-order valence-electron chi connectivity index (χ1n) is 3.07. The number of alkyl halides is 2. The Labute approximate surface area is 69.1 Å². The zero-order valence-electron chi connectivity index (χ0n) is 5.95. The standard InChI is InChI=1S/C4H9.C2H4F2.Sn/c1-3-4-2;1-2(3)4;/h1,3-4H2,2H3;2H,1H3;. The van der Waals surface area contributed by atoms with E-state index in [4.69, 9.17) is 0 Å². The van der Waals surface area contributed by atoms with Gasteiger partial charge in [-0.2, -0.15) is 0 Å². The summed E-state index contributed by atoms with van der Waals surface area (Å²) in [6.07, 6.45) is 0.628. The molecule has 0 bridgehead atoms. The molecule has 3 heteroatoms. The van der Waals surface area contributed by atoms with Crippen molar-refractivity contribution in [1.82, 2.24) is 0 Å². The second kappa shape index (κ2) is 11.5. The summed E-state index contributed by atoms with van der Waals surface area (Å²) in [5, 5.41) is 0. The molecule has 0 aromatic heterocycles. The van der Waals surface area contributed by atoms with E-state index in [-0.39, 0.29) is 0 Å². The first-order valence-corrected chi connectivity index (χ1v) is 5.09. The Morgan fingerprint density at radius 1 is 1.44 bits per heavy atom. The maximum absolute atomic E-state index is 10.3. The van der Waals surface area contributed by atoms with Gasteiger partial charge in [0.25, 0.3) is 0 Å². The van der Waals surface area contributed by atoms with E-state index < -0.39 is 6.43 Å². The topological polar surface area (TPSA) is 0 Å². The Balaban J connectivity index is 0. The van der Waals surface area contributed by atoms with E-state index in [1.165, 1.54) is 17.3 Å². The third kappa shape index (κ3) is 54.3. The molecule has 0 spiro atoms. The average Bonchev–Trinajstić information content (AvgIpc) is 1.66. The number of hydrogen-bond acceptors (Lipinski definition) is 0. The monoisotopic (exact) mass is 243 g/mol. The fourth-order valence-electron chi connectivity index (χ4n) is 0.177. The molecule has 0 nitrogen and oxygen atoms in total. The van der Waals surface area contributed by atoms with Crippen molar-refractivity contribution < 1.29 is 8.78 Å². The molecule has 0 aliphatic rings. The van der Waals surface area contributed by atoms with Gasteiger partial charge in [0.05, 0.1) is 0 Å². The molecule has 3 radical (unpaired) electrons. The minimum absolute atomic E-state index is 0.833. The van der Waals surface area contributed by atoms with Crippen LogP contribution < -0.4 is 0 Å². The number of rotatable bonds is 2. The number of halogens is 2. The van der Waals surface area contributed by atoms with Gasteiger partial charge in [-0.05, 0) is 6.92 Å². The van der Waals surface area contributed by atoms with Crippen molar-refractivity contribution in [3.8, 4) is 0 Å². The molecule has 0 N–H and O–H groups in total. The number of unbranched alkanes of at least 4 members (excludes halogenated alkanes) is 1. The molecule has 0 aromatic rings. The third-order valence-electron chi connectivity index (χ3n) is 0.530. The molecule has 0 saturated heterocycles. The van der Waals surface area contributed by atoms with E-state index in [0.717, 1.165) is 6.92 Å². The molecule has 0 aliphatic heterocycles. The van der Waals surface area contributed by atoms with E-state index in [1.54, 1.807) is 22.5 Å². The first kappa shape index (κ1) is 12.3. The van der Waals surface area contributed by atoms with Crippen molar-refractivity contribution in [3.05, 3.63) is 0 Å². The second-order valence-corrected chi connectivity index (χ2v) is 3.05. The van der Waals surface area contributed by atoms with Crippen molar-refractivity contribution in [2.45, 2.75) is 37.6 Å². The predicted octanol–water partition coefficient (Wildman–Crippen LogP) is 2.64. The quantitative estimate of drug-likeness (QED) is 0.653. The van der Waals surface area contributed by atoms with Crippen molar-refractivity contribution in [1.29, 1.82) is 0 Å². The van der Waals surface area contributed by atoms with Gasteiger partial charge in [-0.1, -0.05) is 0 Å². The summed E-state index contributed by atoms with van der Waals surface area (Å²) in [4.78, 5) is 0. The van der Waals surface area contributed by atoms with Crippen LogP contribution in [0, 0.1) is 0 Å². The SMILES string of the molecule is CC(F)F.CCC[CH2][Sn]. The van der Waals surface area contributed by atoms with Crippen LogP contribution in [0.5, 0.6) is 0 Å². The minimum atomic E-state index is -2.17. The molecule has 9 heavy (non-hydrogen) atoms. The zero-order valence-corrected chi connectivity index (χ0v) is 8.81. The Morgan fingerprint density at radius 2 is 1.78 bits per heavy atom. The van der Waals surface area contributed by atoms with E-state index in [1.807, 2.05) is 0 Å². The van der Waals surface area contributed by atoms with E-state index in [9.17, 15) is 8.78 Å². The van der Waals surface area contributed by atoms with Gasteiger partial charge in [-0.15, -0.1) is 0 Å². The molecule has 0 saturated carbocycles. The van der Waals surface area contributed by atoms with Crippen LogP contribution in [-0.4, -0.2) is 29.0 Å². The summed E-state index contributed by atoms with van der Waals surface area (Å²) >= 11 is 1.68. The van der Waals surface area contributed by atoms with Crippen LogP contribution in [0.3, 0.4) is 0 Å². The summed E-state index contributed by atoms with van der Waals surface area (Å²) in [6, 6.07) is 0. The van der Waals surface area contributed by atoms with Gasteiger partial charge in [-0.25, -0.2) is 8.78 Å². The van der Waals surface area contributed by atoms with Crippen LogP contribution in [0.25, 0.3) is 0 Å². The second-order valence-electron chi connectivity index (χ2n) is 1.62. The van der Waals surface area contributed by atoms with E-state index in [0.29, 0.717) is 0 Å². The van der Waals surface area contributed by atoms with Crippen molar-refractivity contribution in [2.75, 3.05) is 0 Å². The Hall–Kier alpha value is 0.659. The van der Waals surface area contributed by atoms with E-state index in [2.05, 4.69) is 6.92 Å². The summed E-state index contributed by atoms with van der Waals surface area (Å²) in [5.74, 6) is 0. The molecule has 0 aliphatic carbocycles. The summed E-state index contributed by atoms with van der Waals surface area (Å²) in [6.45, 7) is 3.06. The summed E-state index contributed by atoms with van der Waals surface area (Å²) in [7, 11) is 0. The molecular formula is C6H13F2Sn. The summed E-state index contributed by atoms with van der Waals surface area (Å²) < 4.78 is 22.1. The van der Waals surface area contributed by atoms with Crippen LogP contribution in [0.2, 0.25) is 4.44 Å². The fourth-order valence-corrected chi connectivity index (χ4v) is 1.19. The summed E-state index contributed by atoms with van der Waals surface area (Å²) in [5.41, 5.74) is 0. The molecule has 55 valence electrons. The van der Waals surface area contributed by atoms with Gasteiger partial charge >= 0.3 is 46.7 Å². The molecule has 0 fully saturated rings. The first-order chi connectivity index (χ1) is 4.15. The Kier molecular flexibility index (Phi) is 15.7. The average molecular weight is 242 g/mol. The Morgan fingerprint density at radius 3 is 1.78 bits per heavy atom. The zero-order chi connectivity index (χ0) is 7.70. The van der Waals surface area contributed by atoms with E-state index >= 15 is 0 Å². The van der Waals surface area contributed by atoms with Crippen molar-refractivity contribution >= 4 is 22.5 Å². The predicted molar refractivity (Wildman–Crippen MR) is 37.1 cm³/mol. The van der Waals surface area contributed by atoms with Crippen molar-refractivity contribution in [2.24, 2.45) is 0 Å². The van der Waals surface area contributed by atoms with Gasteiger partial charge in [-0.3, -0.25) is 0 Å². The van der Waals surface area contributed by atoms with Gasteiger partial charge in [0.15, 0.2) is 0 Å². The van der Waals surface area contributed by atoms with Crippen molar-refractivity contribution in [3.63, 3.8) is 0 Å². The Bertz CT molecular complexity index is 35.3. The molecular weight excluding hydrogens is 229 g/mol. The normalized spacial score (nSPS) is 8.67. The van der Waals surface area contributed by atoms with Crippen LogP contribution in [-0.2, 0) is 0 Å². The van der Waals surface area contributed by atoms with Gasteiger partial charge in [0.2, 0.25) is 6.43 Å². The van der Waals surface area contributed by atoms with Gasteiger partial charge < -0.3 is 0 Å². The van der Waals surface area contributed by atoms with Crippen LogP contribution >= 0.6 is 0 Å². The third-order valence-corrected chi connectivity index (χ3v) is 1.54. The maximum atomic E-state index is 10.3. The molecule has 0 amide bonds. The number of hydrogen-bond donors (Lipinski definition) is 0. The molecule has 0 unspecified atom stereocenters. The van der Waals surface area contributed by atoms with Crippen LogP contribution in [0.1, 0.15) is 26.7 Å². The van der Waals surface area contributed by atoms with Crippen LogP contribution in [0.15, 0.2) is 0 Å². The molecule has 0 heterocycles. The molecule has 0 atom stereocenters. The van der Waals surface area contributed by atoms with Crippen LogP contribution in [0.4, 0.5) is 8.78 Å². The molecule has 0 rings (SSSR count). The molecule has 0 aromatic carbocycles. The van der Waals surface area contributed by atoms with Gasteiger partial charge in [0.1, 0.15) is 0 Å². The van der Waals surface area contributed by atoms with Gasteiger partial charge in [0, 0.05) is 0 Å². The fraction of sp³-hybridized carbons (Fsp3) is 1.00.